The standard InChI is InChI=1S/C22H30N4O6S2/c1-4-31-22(28)16-7-10-25(11-8-16)21(27)17-6-5-9-26(13-17)34(29,30)19-12-18(33-14(19)2)20-23-15(3)32-24-20/h12,16-17H,4-11,13H2,1-3H3/t17-/m1/s1. The van der Waals surface area contributed by atoms with Crippen molar-refractivity contribution in [2.45, 2.75) is 51.3 Å². The molecule has 1 atom stereocenters. The minimum atomic E-state index is -3.77. The van der Waals surface area contributed by atoms with Crippen LogP contribution in [0.5, 0.6) is 0 Å². The molecule has 2 aliphatic rings. The lowest BCUT2D eigenvalue weighted by Crippen LogP contribution is -2.49. The molecule has 0 radical (unpaired) electrons. The number of hydrogen-bond acceptors (Lipinski definition) is 9. The number of aryl methyl sites for hydroxylation is 2. The van der Waals surface area contributed by atoms with Gasteiger partial charge in [0.05, 0.1) is 28.2 Å². The Labute approximate surface area is 203 Å². The summed E-state index contributed by atoms with van der Waals surface area (Å²) < 4.78 is 38.5. The van der Waals surface area contributed by atoms with Gasteiger partial charge in [0.1, 0.15) is 0 Å². The summed E-state index contributed by atoms with van der Waals surface area (Å²) in [6.07, 6.45) is 2.42. The molecule has 0 spiro atoms. The number of piperidine rings is 2. The summed E-state index contributed by atoms with van der Waals surface area (Å²) in [6, 6.07) is 1.59. The van der Waals surface area contributed by atoms with Crippen molar-refractivity contribution < 1.29 is 27.3 Å². The van der Waals surface area contributed by atoms with Gasteiger partial charge < -0.3 is 14.2 Å². The molecule has 1 amide bonds. The number of sulfonamides is 1. The summed E-state index contributed by atoms with van der Waals surface area (Å²) in [7, 11) is -3.77. The zero-order chi connectivity index (χ0) is 24.5. The van der Waals surface area contributed by atoms with Crippen molar-refractivity contribution in [3.8, 4) is 10.7 Å². The van der Waals surface area contributed by atoms with Crippen molar-refractivity contribution in [3.63, 3.8) is 0 Å². The van der Waals surface area contributed by atoms with E-state index in [-0.39, 0.29) is 35.2 Å². The van der Waals surface area contributed by atoms with Gasteiger partial charge in [-0.3, -0.25) is 9.59 Å². The van der Waals surface area contributed by atoms with E-state index < -0.39 is 10.0 Å². The Kier molecular flexibility index (Phi) is 7.39. The second-order valence-corrected chi connectivity index (χ2v) is 11.9. The summed E-state index contributed by atoms with van der Waals surface area (Å²) in [6.45, 7) is 7.08. The number of esters is 1. The Morgan fingerprint density at radius 2 is 1.91 bits per heavy atom. The van der Waals surface area contributed by atoms with Crippen molar-refractivity contribution in [2.75, 3.05) is 32.8 Å². The highest BCUT2D eigenvalue weighted by atomic mass is 32.2. The number of carbonyl (C=O) groups excluding carboxylic acids is 2. The van der Waals surface area contributed by atoms with Gasteiger partial charge in [-0.05, 0) is 45.6 Å². The lowest BCUT2D eigenvalue weighted by atomic mass is 9.93. The van der Waals surface area contributed by atoms with Crippen LogP contribution in [0.15, 0.2) is 15.5 Å². The van der Waals surface area contributed by atoms with Gasteiger partial charge in [0.25, 0.3) is 0 Å². The Balaban J connectivity index is 1.43. The van der Waals surface area contributed by atoms with Crippen molar-refractivity contribution in [2.24, 2.45) is 11.8 Å². The molecule has 10 nitrogen and oxygen atoms in total. The first-order valence-corrected chi connectivity index (χ1v) is 13.8. The molecule has 4 heterocycles. The van der Waals surface area contributed by atoms with Crippen LogP contribution in [0.2, 0.25) is 0 Å². The maximum atomic E-state index is 13.5. The highest BCUT2D eigenvalue weighted by molar-refractivity contribution is 7.89. The molecule has 2 aromatic heterocycles. The minimum Gasteiger partial charge on any atom is -0.466 e. The monoisotopic (exact) mass is 510 g/mol. The van der Waals surface area contributed by atoms with E-state index in [0.29, 0.717) is 73.4 Å². The van der Waals surface area contributed by atoms with E-state index in [1.807, 2.05) is 0 Å². The van der Waals surface area contributed by atoms with Gasteiger partial charge in [0, 0.05) is 38.0 Å². The van der Waals surface area contributed by atoms with Crippen LogP contribution in [-0.4, -0.2) is 72.4 Å². The highest BCUT2D eigenvalue weighted by Gasteiger charge is 2.38. The first-order valence-electron chi connectivity index (χ1n) is 11.6. The molecule has 0 N–H and O–H groups in total. The van der Waals surface area contributed by atoms with Gasteiger partial charge in [-0.2, -0.15) is 9.29 Å². The third-order valence-electron chi connectivity index (χ3n) is 6.40. The van der Waals surface area contributed by atoms with Gasteiger partial charge >= 0.3 is 5.97 Å². The molecule has 0 unspecified atom stereocenters. The summed E-state index contributed by atoms with van der Waals surface area (Å²) in [4.78, 5) is 32.6. The second kappa shape index (κ2) is 10.1. The van der Waals surface area contributed by atoms with Crippen LogP contribution in [0.1, 0.15) is 43.4 Å². The number of rotatable bonds is 6. The van der Waals surface area contributed by atoms with Crippen LogP contribution in [0, 0.1) is 25.7 Å². The maximum Gasteiger partial charge on any atom is 0.309 e. The average Bonchev–Trinajstić information content (AvgIpc) is 3.44. The first kappa shape index (κ1) is 24.8. The maximum absolute atomic E-state index is 13.5. The molecule has 0 aromatic carbocycles. The largest absolute Gasteiger partial charge is 0.466 e. The zero-order valence-corrected chi connectivity index (χ0v) is 21.3. The molecular weight excluding hydrogens is 480 g/mol. The van der Waals surface area contributed by atoms with Crippen molar-refractivity contribution in [1.29, 1.82) is 0 Å². The minimum absolute atomic E-state index is 0.0350. The summed E-state index contributed by atoms with van der Waals surface area (Å²) >= 11 is 1.30. The summed E-state index contributed by atoms with van der Waals surface area (Å²) in [5.74, 6) is -0.0238. The fourth-order valence-electron chi connectivity index (χ4n) is 4.59. The second-order valence-electron chi connectivity index (χ2n) is 8.72. The number of carbonyl (C=O) groups is 2. The van der Waals surface area contributed by atoms with Crippen LogP contribution in [0.25, 0.3) is 10.7 Å². The predicted molar refractivity (Wildman–Crippen MR) is 125 cm³/mol. The number of aromatic nitrogens is 2. The van der Waals surface area contributed by atoms with E-state index >= 15 is 0 Å². The Hall–Kier alpha value is -2.31. The molecular formula is C22H30N4O6S2. The van der Waals surface area contributed by atoms with Gasteiger partial charge in [0.15, 0.2) is 0 Å². The van der Waals surface area contributed by atoms with Crippen molar-refractivity contribution in [1.82, 2.24) is 19.3 Å². The first-order chi connectivity index (χ1) is 16.2. The normalized spacial score (nSPS) is 20.4. The third-order valence-corrected chi connectivity index (χ3v) is 9.56. The SMILES string of the molecule is CCOC(=O)C1CCN(C(=O)[C@@H]2CCCN(S(=O)(=O)c3cc(-c4noc(C)n4)sc3C)C2)CC1. The predicted octanol–water partition coefficient (Wildman–Crippen LogP) is 2.62. The lowest BCUT2D eigenvalue weighted by Gasteiger charge is -2.37. The number of thiophene rings is 1. The van der Waals surface area contributed by atoms with Crippen LogP contribution in [0.4, 0.5) is 0 Å². The molecule has 186 valence electrons. The topological polar surface area (TPSA) is 123 Å². The molecule has 2 aromatic rings. The van der Waals surface area contributed by atoms with Gasteiger partial charge in [-0.15, -0.1) is 11.3 Å². The van der Waals surface area contributed by atoms with Crippen LogP contribution >= 0.6 is 11.3 Å². The molecule has 12 heteroatoms. The van der Waals surface area contributed by atoms with E-state index in [0.717, 1.165) is 0 Å². The molecule has 2 fully saturated rings. The Morgan fingerprint density at radius 1 is 1.18 bits per heavy atom. The van der Waals surface area contributed by atoms with Crippen molar-refractivity contribution in [3.05, 3.63) is 16.8 Å². The van der Waals surface area contributed by atoms with Crippen LogP contribution in [-0.2, 0) is 24.3 Å². The van der Waals surface area contributed by atoms with Gasteiger partial charge in [0.2, 0.25) is 27.6 Å². The molecule has 0 saturated carbocycles. The lowest BCUT2D eigenvalue weighted by molar-refractivity contribution is -0.152. The molecule has 34 heavy (non-hydrogen) atoms. The smallest absolute Gasteiger partial charge is 0.309 e. The van der Waals surface area contributed by atoms with E-state index in [2.05, 4.69) is 10.1 Å². The number of nitrogens with zero attached hydrogens (tertiary/aromatic N) is 4. The number of likely N-dealkylation sites (tertiary alicyclic amines) is 1. The van der Waals surface area contributed by atoms with Gasteiger partial charge in [-0.25, -0.2) is 8.42 Å². The molecule has 2 saturated heterocycles. The fraction of sp³-hybridized carbons (Fsp3) is 0.636. The quantitative estimate of drug-likeness (QED) is 0.544. The Bertz CT molecular complexity index is 1150. The average molecular weight is 511 g/mol. The van der Waals surface area contributed by atoms with E-state index in [1.165, 1.54) is 15.6 Å². The molecule has 0 aliphatic carbocycles. The zero-order valence-electron chi connectivity index (χ0n) is 19.7. The van der Waals surface area contributed by atoms with E-state index in [4.69, 9.17) is 9.26 Å². The summed E-state index contributed by atoms with van der Waals surface area (Å²) in [5.41, 5.74) is 0. The molecule has 2 aliphatic heterocycles. The molecule has 0 bridgehead atoms. The Morgan fingerprint density at radius 3 is 2.56 bits per heavy atom. The van der Waals surface area contributed by atoms with E-state index in [1.54, 1.807) is 31.7 Å². The number of ether oxygens (including phenoxy) is 1. The van der Waals surface area contributed by atoms with E-state index in [9.17, 15) is 18.0 Å². The van der Waals surface area contributed by atoms with Crippen molar-refractivity contribution >= 4 is 33.2 Å². The third kappa shape index (κ3) is 5.03. The van der Waals surface area contributed by atoms with Crippen LogP contribution in [0.3, 0.4) is 0 Å². The van der Waals surface area contributed by atoms with Crippen LogP contribution < -0.4 is 0 Å². The summed E-state index contributed by atoms with van der Waals surface area (Å²) in [5, 5.41) is 3.89. The molecule has 4 rings (SSSR count). The number of amides is 1. The fourth-order valence-corrected chi connectivity index (χ4v) is 7.60. The van der Waals surface area contributed by atoms with Gasteiger partial charge in [-0.1, -0.05) is 5.16 Å². The highest BCUT2D eigenvalue weighted by Crippen LogP contribution is 2.35. The number of hydrogen-bond donors (Lipinski definition) is 0.